The van der Waals surface area contributed by atoms with Gasteiger partial charge in [-0.25, -0.2) is 4.79 Å². The Morgan fingerprint density at radius 3 is 2.65 bits per heavy atom. The molecule has 2 rings (SSSR count). The summed E-state index contributed by atoms with van der Waals surface area (Å²) in [7, 11) is 0. The molecule has 1 aromatic rings. The number of hydrogen-bond donors (Lipinski definition) is 3. The Morgan fingerprint density at radius 1 is 1.47 bits per heavy atom. The van der Waals surface area contributed by atoms with Crippen molar-refractivity contribution < 1.29 is 0 Å². The number of nitrogens with zero attached hydrogens (tertiary/aromatic N) is 1. The third-order valence-corrected chi connectivity index (χ3v) is 3.28. The van der Waals surface area contributed by atoms with Gasteiger partial charge in [-0.3, -0.25) is 14.3 Å². The number of H-pyrrole nitrogens is 1. The smallest absolute Gasteiger partial charge is 0.330 e. The van der Waals surface area contributed by atoms with Gasteiger partial charge in [-0.15, -0.1) is 0 Å². The molecule has 6 heteroatoms. The molecule has 0 spiro atoms. The maximum absolute atomic E-state index is 11.7. The zero-order valence-corrected chi connectivity index (χ0v) is 10.1. The lowest BCUT2D eigenvalue weighted by Gasteiger charge is -2.34. The van der Waals surface area contributed by atoms with Gasteiger partial charge in [0, 0.05) is 12.6 Å². The second kappa shape index (κ2) is 4.27. The minimum Gasteiger partial charge on any atom is -0.383 e. The largest absolute Gasteiger partial charge is 0.383 e. The van der Waals surface area contributed by atoms with Crippen LogP contribution >= 0.6 is 0 Å². The maximum atomic E-state index is 11.7. The number of aromatic nitrogens is 2. The van der Waals surface area contributed by atoms with Crippen LogP contribution in [-0.2, 0) is 6.54 Å². The van der Waals surface area contributed by atoms with Gasteiger partial charge in [-0.2, -0.15) is 0 Å². The van der Waals surface area contributed by atoms with E-state index in [1.165, 1.54) is 4.57 Å². The van der Waals surface area contributed by atoms with Crippen LogP contribution in [0.1, 0.15) is 26.7 Å². The molecule has 0 atom stereocenters. The second-order valence-corrected chi connectivity index (χ2v) is 4.68. The van der Waals surface area contributed by atoms with E-state index in [0.717, 1.165) is 12.8 Å². The molecular weight excluding hydrogens is 220 g/mol. The molecule has 1 aromatic heterocycles. The van der Waals surface area contributed by atoms with Crippen molar-refractivity contribution in [2.75, 3.05) is 11.1 Å². The first kappa shape index (κ1) is 11.8. The second-order valence-electron chi connectivity index (χ2n) is 4.68. The number of nitrogens with two attached hydrogens (primary N) is 1. The van der Waals surface area contributed by atoms with Crippen LogP contribution in [-0.4, -0.2) is 15.6 Å². The highest BCUT2D eigenvalue weighted by Crippen LogP contribution is 2.29. The Hall–Kier alpha value is -1.72. The molecule has 0 aromatic carbocycles. The van der Waals surface area contributed by atoms with Crippen LogP contribution in [0.25, 0.3) is 0 Å². The average molecular weight is 238 g/mol. The summed E-state index contributed by atoms with van der Waals surface area (Å²) in [6, 6.07) is 0.288. The van der Waals surface area contributed by atoms with Crippen molar-refractivity contribution in [2.24, 2.45) is 5.92 Å². The normalized spacial score (nSPS) is 23.2. The summed E-state index contributed by atoms with van der Waals surface area (Å²) < 4.78 is 1.35. The van der Waals surface area contributed by atoms with Gasteiger partial charge in [0.15, 0.2) is 0 Å². The van der Waals surface area contributed by atoms with E-state index in [1.807, 2.05) is 6.92 Å². The standard InChI is InChI=1S/C11H18N4O2/c1-3-15-9(12)8(10(16)14-11(15)17)13-7-4-6(2)5-7/h6-7,13H,3-5,12H2,1-2H3,(H,14,16,17). The molecule has 4 N–H and O–H groups in total. The van der Waals surface area contributed by atoms with Crippen molar-refractivity contribution >= 4 is 11.5 Å². The third kappa shape index (κ3) is 2.07. The molecular formula is C11H18N4O2. The topological polar surface area (TPSA) is 92.9 Å². The first-order valence-electron chi connectivity index (χ1n) is 5.92. The Labute approximate surface area is 98.8 Å². The molecule has 1 heterocycles. The molecule has 0 amide bonds. The number of anilines is 2. The fourth-order valence-corrected chi connectivity index (χ4v) is 2.27. The van der Waals surface area contributed by atoms with E-state index in [-0.39, 0.29) is 11.9 Å². The van der Waals surface area contributed by atoms with E-state index in [0.29, 0.717) is 18.2 Å². The van der Waals surface area contributed by atoms with E-state index in [2.05, 4.69) is 17.2 Å². The lowest BCUT2D eigenvalue weighted by molar-refractivity contribution is 0.309. The Balaban J connectivity index is 2.33. The molecule has 0 radical (unpaired) electrons. The van der Waals surface area contributed by atoms with Gasteiger partial charge < -0.3 is 11.1 Å². The highest BCUT2D eigenvalue weighted by molar-refractivity contribution is 5.61. The van der Waals surface area contributed by atoms with Gasteiger partial charge >= 0.3 is 5.69 Å². The molecule has 1 aliphatic carbocycles. The van der Waals surface area contributed by atoms with Crippen LogP contribution in [0.15, 0.2) is 9.59 Å². The quantitative estimate of drug-likeness (QED) is 0.708. The number of aromatic amines is 1. The number of rotatable bonds is 3. The molecule has 17 heavy (non-hydrogen) atoms. The lowest BCUT2D eigenvalue weighted by atomic mass is 9.82. The summed E-state index contributed by atoms with van der Waals surface area (Å²) in [5.41, 5.74) is 5.27. The molecule has 0 bridgehead atoms. The zero-order chi connectivity index (χ0) is 12.6. The Morgan fingerprint density at radius 2 is 2.12 bits per heavy atom. The summed E-state index contributed by atoms with van der Waals surface area (Å²) in [6.45, 7) is 4.42. The fraction of sp³-hybridized carbons (Fsp3) is 0.636. The predicted molar refractivity (Wildman–Crippen MR) is 67.2 cm³/mol. The van der Waals surface area contributed by atoms with Crippen molar-refractivity contribution in [3.05, 3.63) is 20.8 Å². The third-order valence-electron chi connectivity index (χ3n) is 3.28. The molecule has 0 unspecified atom stereocenters. The Kier molecular flexibility index (Phi) is 2.95. The fourth-order valence-electron chi connectivity index (χ4n) is 2.27. The summed E-state index contributed by atoms with van der Waals surface area (Å²) >= 11 is 0. The average Bonchev–Trinajstić information content (AvgIpc) is 2.21. The summed E-state index contributed by atoms with van der Waals surface area (Å²) in [4.78, 5) is 25.4. The van der Waals surface area contributed by atoms with Crippen LogP contribution in [0.3, 0.4) is 0 Å². The predicted octanol–water partition coefficient (Wildman–Crippen LogP) is 0.349. The molecule has 1 fully saturated rings. The van der Waals surface area contributed by atoms with Gasteiger partial charge in [0.2, 0.25) is 0 Å². The van der Waals surface area contributed by atoms with Gasteiger partial charge in [-0.1, -0.05) is 6.92 Å². The van der Waals surface area contributed by atoms with Gasteiger partial charge in [0.1, 0.15) is 11.5 Å². The van der Waals surface area contributed by atoms with Gasteiger partial charge in [-0.05, 0) is 25.7 Å². The summed E-state index contributed by atoms with van der Waals surface area (Å²) in [5, 5.41) is 3.12. The number of nitrogens with one attached hydrogen (secondary N) is 2. The molecule has 1 aliphatic rings. The van der Waals surface area contributed by atoms with Crippen LogP contribution < -0.4 is 22.3 Å². The van der Waals surface area contributed by atoms with E-state index >= 15 is 0 Å². The van der Waals surface area contributed by atoms with Crippen molar-refractivity contribution in [1.29, 1.82) is 0 Å². The van der Waals surface area contributed by atoms with Crippen molar-refractivity contribution in [2.45, 2.75) is 39.3 Å². The molecule has 6 nitrogen and oxygen atoms in total. The summed E-state index contributed by atoms with van der Waals surface area (Å²) in [5.74, 6) is 0.908. The van der Waals surface area contributed by atoms with Gasteiger partial charge in [0.05, 0.1) is 0 Å². The minimum absolute atomic E-state index is 0.223. The monoisotopic (exact) mass is 238 g/mol. The van der Waals surface area contributed by atoms with Crippen molar-refractivity contribution in [3.8, 4) is 0 Å². The van der Waals surface area contributed by atoms with Crippen LogP contribution in [0, 0.1) is 5.92 Å². The number of hydrogen-bond acceptors (Lipinski definition) is 4. The SMILES string of the molecule is CCn1c(N)c(NC2CC(C)C2)c(=O)[nH]c1=O. The van der Waals surface area contributed by atoms with Crippen molar-refractivity contribution in [1.82, 2.24) is 9.55 Å². The molecule has 94 valence electrons. The maximum Gasteiger partial charge on any atom is 0.330 e. The highest BCUT2D eigenvalue weighted by atomic mass is 16.2. The first-order chi connectivity index (χ1) is 8.02. The number of nitrogen functional groups attached to an aromatic ring is 1. The highest BCUT2D eigenvalue weighted by Gasteiger charge is 2.26. The summed E-state index contributed by atoms with van der Waals surface area (Å²) in [6.07, 6.45) is 2.06. The van der Waals surface area contributed by atoms with E-state index in [1.54, 1.807) is 0 Å². The van der Waals surface area contributed by atoms with Crippen LogP contribution in [0.2, 0.25) is 0 Å². The van der Waals surface area contributed by atoms with Crippen molar-refractivity contribution in [3.63, 3.8) is 0 Å². The van der Waals surface area contributed by atoms with Crippen LogP contribution in [0.5, 0.6) is 0 Å². The zero-order valence-electron chi connectivity index (χ0n) is 10.1. The first-order valence-corrected chi connectivity index (χ1v) is 5.92. The Bertz CT molecular complexity index is 525. The van der Waals surface area contributed by atoms with Crippen LogP contribution in [0.4, 0.5) is 11.5 Å². The molecule has 0 aliphatic heterocycles. The van der Waals surface area contributed by atoms with E-state index < -0.39 is 11.2 Å². The molecule has 1 saturated carbocycles. The minimum atomic E-state index is -0.456. The van der Waals surface area contributed by atoms with E-state index in [4.69, 9.17) is 5.73 Å². The lowest BCUT2D eigenvalue weighted by Crippen LogP contribution is -2.39. The van der Waals surface area contributed by atoms with Gasteiger partial charge in [0.25, 0.3) is 5.56 Å². The van der Waals surface area contributed by atoms with E-state index in [9.17, 15) is 9.59 Å². The molecule has 0 saturated heterocycles.